The maximum Gasteiger partial charge on any atom is 0.416 e. The number of nitrogens with zero attached hydrogens (tertiary/aromatic N) is 1. The molecule has 0 atom stereocenters. The summed E-state index contributed by atoms with van der Waals surface area (Å²) in [5.74, 6) is 0. The standard InChI is InChI=1S/C16H20F3N3OS/c1-11(2)10-20-15(24)21-13-9-12(16(17,18)19)3-4-14(13)22-5-7-23-8-6-22/h3-4,9H,1,5-8,10H2,2H3,(H2,20,21,24). The molecule has 1 heterocycles. The number of nitrogens with one attached hydrogen (secondary N) is 2. The molecule has 132 valence electrons. The first kappa shape index (κ1) is 18.5. The van der Waals surface area contributed by atoms with E-state index in [4.69, 9.17) is 17.0 Å². The van der Waals surface area contributed by atoms with Crippen molar-refractivity contribution < 1.29 is 17.9 Å². The van der Waals surface area contributed by atoms with Crippen molar-refractivity contribution in [3.05, 3.63) is 35.9 Å². The fraction of sp³-hybridized carbons (Fsp3) is 0.438. The summed E-state index contributed by atoms with van der Waals surface area (Å²) in [6.45, 7) is 8.35. The normalized spacial score (nSPS) is 15.1. The Morgan fingerprint density at radius 1 is 1.33 bits per heavy atom. The molecule has 0 spiro atoms. The Hall–Kier alpha value is -1.80. The lowest BCUT2D eigenvalue weighted by Crippen LogP contribution is -2.37. The minimum Gasteiger partial charge on any atom is -0.378 e. The fourth-order valence-electron chi connectivity index (χ4n) is 2.29. The van der Waals surface area contributed by atoms with Crippen molar-refractivity contribution in [3.63, 3.8) is 0 Å². The summed E-state index contributed by atoms with van der Waals surface area (Å²) in [7, 11) is 0. The number of morpholine rings is 1. The van der Waals surface area contributed by atoms with Gasteiger partial charge in [0.25, 0.3) is 0 Å². The van der Waals surface area contributed by atoms with Gasteiger partial charge in [0.15, 0.2) is 5.11 Å². The van der Waals surface area contributed by atoms with Crippen LogP contribution in [0, 0.1) is 0 Å². The first-order chi connectivity index (χ1) is 11.3. The molecule has 24 heavy (non-hydrogen) atoms. The van der Waals surface area contributed by atoms with Crippen molar-refractivity contribution in [1.29, 1.82) is 0 Å². The van der Waals surface area contributed by atoms with Gasteiger partial charge in [-0.05, 0) is 37.3 Å². The number of anilines is 2. The second kappa shape index (κ2) is 7.85. The van der Waals surface area contributed by atoms with Crippen LogP contribution in [0.1, 0.15) is 12.5 Å². The Morgan fingerprint density at radius 2 is 2.00 bits per heavy atom. The third-order valence-corrected chi connectivity index (χ3v) is 3.72. The van der Waals surface area contributed by atoms with E-state index >= 15 is 0 Å². The molecule has 0 amide bonds. The SMILES string of the molecule is C=C(C)CNC(=S)Nc1cc(C(F)(F)F)ccc1N1CCOCC1. The van der Waals surface area contributed by atoms with Gasteiger partial charge in [-0.2, -0.15) is 13.2 Å². The van der Waals surface area contributed by atoms with Crippen molar-refractivity contribution in [1.82, 2.24) is 5.32 Å². The lowest BCUT2D eigenvalue weighted by atomic mass is 10.1. The summed E-state index contributed by atoms with van der Waals surface area (Å²) >= 11 is 5.16. The monoisotopic (exact) mass is 359 g/mol. The Bertz CT molecular complexity index is 613. The number of hydrogen-bond donors (Lipinski definition) is 2. The maximum atomic E-state index is 13.0. The predicted molar refractivity (Wildman–Crippen MR) is 93.5 cm³/mol. The summed E-state index contributed by atoms with van der Waals surface area (Å²) in [6.07, 6.45) is -4.41. The van der Waals surface area contributed by atoms with E-state index < -0.39 is 11.7 Å². The number of halogens is 3. The molecule has 0 aromatic heterocycles. The Morgan fingerprint density at radius 3 is 2.58 bits per heavy atom. The van der Waals surface area contributed by atoms with Crippen LogP contribution in [0.2, 0.25) is 0 Å². The van der Waals surface area contributed by atoms with E-state index in [9.17, 15) is 13.2 Å². The zero-order valence-corrected chi connectivity index (χ0v) is 14.2. The highest BCUT2D eigenvalue weighted by Crippen LogP contribution is 2.35. The summed E-state index contributed by atoms with van der Waals surface area (Å²) in [5.41, 5.74) is 1.15. The zero-order valence-electron chi connectivity index (χ0n) is 13.4. The third kappa shape index (κ3) is 5.10. The molecule has 0 saturated carbocycles. The van der Waals surface area contributed by atoms with Gasteiger partial charge < -0.3 is 20.3 Å². The lowest BCUT2D eigenvalue weighted by molar-refractivity contribution is -0.137. The largest absolute Gasteiger partial charge is 0.416 e. The van der Waals surface area contributed by atoms with Gasteiger partial charge >= 0.3 is 6.18 Å². The van der Waals surface area contributed by atoms with Gasteiger partial charge in [0.2, 0.25) is 0 Å². The first-order valence-electron chi connectivity index (χ1n) is 7.50. The molecule has 0 aliphatic carbocycles. The molecule has 1 aliphatic heterocycles. The smallest absolute Gasteiger partial charge is 0.378 e. The molecule has 1 fully saturated rings. The first-order valence-corrected chi connectivity index (χ1v) is 7.91. The Labute approximate surface area is 144 Å². The molecule has 2 N–H and O–H groups in total. The average Bonchev–Trinajstić information content (AvgIpc) is 2.53. The van der Waals surface area contributed by atoms with Crippen LogP contribution in [-0.4, -0.2) is 38.0 Å². The van der Waals surface area contributed by atoms with Crippen LogP contribution >= 0.6 is 12.2 Å². The molecule has 0 unspecified atom stereocenters. The van der Waals surface area contributed by atoms with Crippen LogP contribution in [0.15, 0.2) is 30.4 Å². The summed E-state index contributed by atoms with van der Waals surface area (Å²) < 4.78 is 44.3. The van der Waals surface area contributed by atoms with E-state index in [0.717, 1.165) is 17.7 Å². The van der Waals surface area contributed by atoms with Gasteiger partial charge in [-0.1, -0.05) is 12.2 Å². The van der Waals surface area contributed by atoms with Gasteiger partial charge in [-0.15, -0.1) is 0 Å². The van der Waals surface area contributed by atoms with Gasteiger partial charge in [0.05, 0.1) is 30.2 Å². The molecular weight excluding hydrogens is 339 g/mol. The minimum atomic E-state index is -4.41. The van der Waals surface area contributed by atoms with Gasteiger partial charge in [0, 0.05) is 19.6 Å². The quantitative estimate of drug-likeness (QED) is 0.637. The van der Waals surface area contributed by atoms with E-state index in [-0.39, 0.29) is 5.11 Å². The van der Waals surface area contributed by atoms with Crippen molar-refractivity contribution in [2.24, 2.45) is 0 Å². The predicted octanol–water partition coefficient (Wildman–Crippen LogP) is 3.40. The third-order valence-electron chi connectivity index (χ3n) is 3.47. The average molecular weight is 359 g/mol. The highest BCUT2D eigenvalue weighted by atomic mass is 32.1. The van der Waals surface area contributed by atoms with Crippen molar-refractivity contribution in [3.8, 4) is 0 Å². The molecule has 0 bridgehead atoms. The van der Waals surface area contributed by atoms with E-state index in [1.54, 1.807) is 0 Å². The number of thiocarbonyl (C=S) groups is 1. The van der Waals surface area contributed by atoms with E-state index in [1.165, 1.54) is 6.07 Å². The second-order valence-corrected chi connectivity index (χ2v) is 6.00. The Balaban J connectivity index is 2.25. The molecule has 2 rings (SSSR count). The topological polar surface area (TPSA) is 36.5 Å². The summed E-state index contributed by atoms with van der Waals surface area (Å²) in [6, 6.07) is 3.64. The number of hydrogen-bond acceptors (Lipinski definition) is 3. The second-order valence-electron chi connectivity index (χ2n) is 5.59. The number of ether oxygens (including phenoxy) is 1. The van der Waals surface area contributed by atoms with Crippen LogP contribution in [0.4, 0.5) is 24.5 Å². The van der Waals surface area contributed by atoms with Crippen molar-refractivity contribution in [2.75, 3.05) is 43.1 Å². The van der Waals surface area contributed by atoms with E-state index in [0.29, 0.717) is 44.2 Å². The number of alkyl halides is 3. The highest BCUT2D eigenvalue weighted by molar-refractivity contribution is 7.80. The molecule has 1 aliphatic rings. The van der Waals surface area contributed by atoms with Crippen LogP contribution in [-0.2, 0) is 10.9 Å². The number of benzene rings is 1. The molecule has 8 heteroatoms. The van der Waals surface area contributed by atoms with E-state index in [1.807, 2.05) is 11.8 Å². The van der Waals surface area contributed by atoms with Crippen LogP contribution < -0.4 is 15.5 Å². The Kier molecular flexibility index (Phi) is 6.06. The molecule has 1 aromatic carbocycles. The minimum absolute atomic E-state index is 0.256. The molecule has 1 saturated heterocycles. The molecule has 4 nitrogen and oxygen atoms in total. The van der Waals surface area contributed by atoms with Crippen LogP contribution in [0.5, 0.6) is 0 Å². The van der Waals surface area contributed by atoms with E-state index in [2.05, 4.69) is 17.2 Å². The zero-order chi connectivity index (χ0) is 17.7. The van der Waals surface area contributed by atoms with Gasteiger partial charge in [0.1, 0.15) is 0 Å². The summed E-state index contributed by atoms with van der Waals surface area (Å²) in [4.78, 5) is 1.98. The lowest BCUT2D eigenvalue weighted by Gasteiger charge is -2.31. The van der Waals surface area contributed by atoms with Crippen LogP contribution in [0.25, 0.3) is 0 Å². The highest BCUT2D eigenvalue weighted by Gasteiger charge is 2.31. The molecule has 0 radical (unpaired) electrons. The molecular formula is C16H20F3N3OS. The number of rotatable bonds is 4. The fourth-order valence-corrected chi connectivity index (χ4v) is 2.47. The summed E-state index contributed by atoms with van der Waals surface area (Å²) in [5, 5.41) is 6.04. The van der Waals surface area contributed by atoms with Gasteiger partial charge in [-0.3, -0.25) is 0 Å². The maximum absolute atomic E-state index is 13.0. The molecule has 1 aromatic rings. The van der Waals surface area contributed by atoms with Gasteiger partial charge in [-0.25, -0.2) is 0 Å². The van der Waals surface area contributed by atoms with Crippen molar-refractivity contribution in [2.45, 2.75) is 13.1 Å². The van der Waals surface area contributed by atoms with Crippen LogP contribution in [0.3, 0.4) is 0 Å². The van der Waals surface area contributed by atoms with Crippen molar-refractivity contribution >= 4 is 28.7 Å².